The minimum atomic E-state index is -0.537. The largest absolute Gasteiger partial charge is 0.484 e. The molecule has 0 aliphatic heterocycles. The highest BCUT2D eigenvalue weighted by molar-refractivity contribution is 5.95. The van der Waals surface area contributed by atoms with Gasteiger partial charge >= 0.3 is 0 Å². The van der Waals surface area contributed by atoms with Crippen molar-refractivity contribution in [3.63, 3.8) is 0 Å². The topological polar surface area (TPSA) is 72.6 Å². The number of nitrogens with zero attached hydrogens (tertiary/aromatic N) is 1. The molecular formula is C23H22N2O3. The average Bonchev–Trinajstić information content (AvgIpc) is 2.74. The maximum absolute atomic E-state index is 12.9. The van der Waals surface area contributed by atoms with Crippen LogP contribution in [0.25, 0.3) is 0 Å². The first-order valence-electron chi connectivity index (χ1n) is 9.05. The Kier molecular flexibility index (Phi) is 6.41. The molecule has 2 amide bonds. The lowest BCUT2D eigenvalue weighted by molar-refractivity contribution is -0.120. The van der Waals surface area contributed by atoms with E-state index in [2.05, 4.69) is 0 Å². The van der Waals surface area contributed by atoms with E-state index in [0.29, 0.717) is 17.9 Å². The Morgan fingerprint density at radius 1 is 0.857 bits per heavy atom. The Morgan fingerprint density at radius 3 is 2.21 bits per heavy atom. The summed E-state index contributed by atoms with van der Waals surface area (Å²) >= 11 is 0. The van der Waals surface area contributed by atoms with Gasteiger partial charge in [0, 0.05) is 17.8 Å². The molecule has 3 rings (SSSR count). The second kappa shape index (κ2) is 9.37. The third kappa shape index (κ3) is 5.20. The Bertz CT molecular complexity index is 927. The zero-order valence-corrected chi connectivity index (χ0v) is 15.5. The molecule has 3 aromatic rings. The van der Waals surface area contributed by atoms with Crippen molar-refractivity contribution in [3.05, 3.63) is 96.1 Å². The summed E-state index contributed by atoms with van der Waals surface area (Å²) in [4.78, 5) is 25.9. The third-order valence-electron chi connectivity index (χ3n) is 4.32. The summed E-state index contributed by atoms with van der Waals surface area (Å²) in [6, 6.07) is 26.0. The van der Waals surface area contributed by atoms with Crippen molar-refractivity contribution in [1.82, 2.24) is 0 Å². The lowest BCUT2D eigenvalue weighted by Gasteiger charge is -2.23. The first kappa shape index (κ1) is 19.2. The molecule has 3 aromatic carbocycles. The normalized spacial score (nSPS) is 10.3. The third-order valence-corrected chi connectivity index (χ3v) is 4.32. The number of carbonyl (C=O) groups excluding carboxylic acids is 2. The second-order valence-electron chi connectivity index (χ2n) is 6.30. The second-order valence-corrected chi connectivity index (χ2v) is 6.30. The van der Waals surface area contributed by atoms with Gasteiger partial charge in [-0.15, -0.1) is 0 Å². The Balaban J connectivity index is 1.69. The number of hydrogen-bond donors (Lipinski definition) is 1. The number of carbonyl (C=O) groups is 2. The molecular weight excluding hydrogens is 352 g/mol. The highest BCUT2D eigenvalue weighted by Crippen LogP contribution is 2.17. The Morgan fingerprint density at radius 2 is 1.54 bits per heavy atom. The minimum Gasteiger partial charge on any atom is -0.484 e. The summed E-state index contributed by atoms with van der Waals surface area (Å²) in [6.45, 7) is 0.406. The van der Waals surface area contributed by atoms with E-state index in [1.807, 2.05) is 60.7 Å². The number of benzene rings is 3. The van der Waals surface area contributed by atoms with Crippen LogP contribution in [0, 0.1) is 0 Å². The number of amides is 2. The van der Waals surface area contributed by atoms with E-state index in [0.717, 1.165) is 17.7 Å². The van der Waals surface area contributed by atoms with Gasteiger partial charge in [-0.1, -0.05) is 54.6 Å². The van der Waals surface area contributed by atoms with Gasteiger partial charge < -0.3 is 15.4 Å². The molecule has 0 saturated carbocycles. The first-order chi connectivity index (χ1) is 13.6. The average molecular weight is 374 g/mol. The smallest absolute Gasteiger partial charge is 0.264 e. The fourth-order valence-electron chi connectivity index (χ4n) is 2.85. The summed E-state index contributed by atoms with van der Waals surface area (Å²) < 4.78 is 5.61. The summed E-state index contributed by atoms with van der Waals surface area (Å²) in [5.41, 5.74) is 7.61. The molecule has 0 saturated heterocycles. The predicted molar refractivity (Wildman–Crippen MR) is 109 cm³/mol. The molecule has 0 unspecified atom stereocenters. The maximum atomic E-state index is 12.9. The highest BCUT2D eigenvalue weighted by atomic mass is 16.5. The fourth-order valence-corrected chi connectivity index (χ4v) is 2.85. The predicted octanol–water partition coefficient (Wildman–Crippen LogP) is 3.44. The molecule has 0 bridgehead atoms. The molecule has 0 radical (unpaired) electrons. The number of rotatable bonds is 8. The van der Waals surface area contributed by atoms with Crippen LogP contribution in [0.2, 0.25) is 0 Å². The van der Waals surface area contributed by atoms with Crippen molar-refractivity contribution in [3.8, 4) is 5.75 Å². The van der Waals surface area contributed by atoms with E-state index in [-0.39, 0.29) is 12.5 Å². The molecule has 28 heavy (non-hydrogen) atoms. The molecule has 5 heteroatoms. The van der Waals surface area contributed by atoms with Crippen molar-refractivity contribution in [2.45, 2.75) is 6.42 Å². The molecule has 0 aromatic heterocycles. The van der Waals surface area contributed by atoms with Gasteiger partial charge in [0.05, 0.1) is 0 Å². The van der Waals surface area contributed by atoms with Gasteiger partial charge in [-0.05, 0) is 42.3 Å². The number of hydrogen-bond acceptors (Lipinski definition) is 3. The zero-order valence-electron chi connectivity index (χ0n) is 15.5. The van der Waals surface area contributed by atoms with Gasteiger partial charge in [0.1, 0.15) is 5.75 Å². The fraction of sp³-hybridized carbons (Fsp3) is 0.130. The van der Waals surface area contributed by atoms with Crippen molar-refractivity contribution in [2.24, 2.45) is 5.73 Å². The number of anilines is 1. The Hall–Kier alpha value is -3.60. The quantitative estimate of drug-likeness (QED) is 0.656. The van der Waals surface area contributed by atoms with E-state index < -0.39 is 5.91 Å². The van der Waals surface area contributed by atoms with E-state index in [9.17, 15) is 9.59 Å². The van der Waals surface area contributed by atoms with E-state index in [1.165, 1.54) is 6.07 Å². The molecule has 2 N–H and O–H groups in total. The van der Waals surface area contributed by atoms with Gasteiger partial charge in [-0.25, -0.2) is 0 Å². The maximum Gasteiger partial charge on any atom is 0.264 e. The SMILES string of the molecule is NC(=O)c1cccc(OCC(=O)N(CCc2ccccc2)c2ccccc2)c1. The first-order valence-corrected chi connectivity index (χ1v) is 9.05. The zero-order chi connectivity index (χ0) is 19.8. The number of ether oxygens (including phenoxy) is 1. The van der Waals surface area contributed by atoms with E-state index >= 15 is 0 Å². The van der Waals surface area contributed by atoms with Crippen LogP contribution < -0.4 is 15.4 Å². The molecule has 0 atom stereocenters. The summed E-state index contributed by atoms with van der Waals surface area (Å²) in [5.74, 6) is -0.266. The molecule has 5 nitrogen and oxygen atoms in total. The number of para-hydroxylation sites is 1. The molecule has 142 valence electrons. The molecule has 0 aliphatic rings. The number of nitrogens with two attached hydrogens (primary N) is 1. The molecule has 0 fully saturated rings. The molecule has 0 aliphatic carbocycles. The van der Waals surface area contributed by atoms with Gasteiger partial charge in [-0.2, -0.15) is 0 Å². The van der Waals surface area contributed by atoms with Gasteiger partial charge in [0.2, 0.25) is 5.91 Å². The number of primary amides is 1. The summed E-state index contributed by atoms with van der Waals surface area (Å²) in [5, 5.41) is 0. The lowest BCUT2D eigenvalue weighted by atomic mass is 10.1. The minimum absolute atomic E-state index is 0.133. The van der Waals surface area contributed by atoms with Gasteiger partial charge in [-0.3, -0.25) is 9.59 Å². The van der Waals surface area contributed by atoms with E-state index in [1.54, 1.807) is 23.1 Å². The highest BCUT2D eigenvalue weighted by Gasteiger charge is 2.16. The molecule has 0 spiro atoms. The van der Waals surface area contributed by atoms with Gasteiger partial charge in [0.25, 0.3) is 5.91 Å². The lowest BCUT2D eigenvalue weighted by Crippen LogP contribution is -2.36. The van der Waals surface area contributed by atoms with Crippen molar-refractivity contribution in [2.75, 3.05) is 18.1 Å². The van der Waals surface area contributed by atoms with Crippen molar-refractivity contribution < 1.29 is 14.3 Å². The van der Waals surface area contributed by atoms with Crippen LogP contribution in [0.5, 0.6) is 5.75 Å². The standard InChI is InChI=1S/C23H22N2O3/c24-23(27)19-10-7-13-21(16-19)28-17-22(26)25(20-11-5-2-6-12-20)15-14-18-8-3-1-4-9-18/h1-13,16H,14-15,17H2,(H2,24,27). The Labute approximate surface area is 164 Å². The van der Waals surface area contributed by atoms with Crippen molar-refractivity contribution in [1.29, 1.82) is 0 Å². The van der Waals surface area contributed by atoms with Gasteiger partial charge in [0.15, 0.2) is 6.61 Å². The van der Waals surface area contributed by atoms with E-state index in [4.69, 9.17) is 10.5 Å². The van der Waals surface area contributed by atoms with Crippen LogP contribution in [0.3, 0.4) is 0 Å². The summed E-state index contributed by atoms with van der Waals surface area (Å²) in [6.07, 6.45) is 0.735. The van der Waals surface area contributed by atoms with Crippen LogP contribution in [0.4, 0.5) is 5.69 Å². The van der Waals surface area contributed by atoms with Crippen LogP contribution in [0.15, 0.2) is 84.9 Å². The van der Waals surface area contributed by atoms with Crippen molar-refractivity contribution >= 4 is 17.5 Å². The molecule has 0 heterocycles. The van der Waals surface area contributed by atoms with Crippen LogP contribution >= 0.6 is 0 Å². The van der Waals surface area contributed by atoms with Crippen LogP contribution in [-0.4, -0.2) is 25.0 Å². The van der Waals surface area contributed by atoms with Crippen LogP contribution in [-0.2, 0) is 11.2 Å². The summed E-state index contributed by atoms with van der Waals surface area (Å²) in [7, 11) is 0. The van der Waals surface area contributed by atoms with Crippen LogP contribution in [0.1, 0.15) is 15.9 Å². The monoisotopic (exact) mass is 374 g/mol.